The Morgan fingerprint density at radius 3 is 2.42 bits per heavy atom. The molecule has 2 aromatic heterocycles. The maximum absolute atomic E-state index is 12.6. The van der Waals surface area contributed by atoms with Crippen molar-refractivity contribution in [1.82, 2.24) is 4.98 Å². The van der Waals surface area contributed by atoms with Crippen LogP contribution >= 0.6 is 0 Å². The number of aromatic nitrogens is 1. The lowest BCUT2D eigenvalue weighted by molar-refractivity contribution is 0.356. The molecule has 0 radical (unpaired) electrons. The standard InChI is InChI=1S/C19H21NO4/c1-4-6-16-14-11-18(23-3)17(22-2)10-13(14)15(19(21)20-16)9-12-7-5-8-24-12/h5,7-8,10-11H,4,6,9H2,1-3H3,(H,20,21). The van der Waals surface area contributed by atoms with Crippen molar-refractivity contribution in [2.24, 2.45) is 0 Å². The fourth-order valence-corrected chi connectivity index (χ4v) is 2.99. The summed E-state index contributed by atoms with van der Waals surface area (Å²) in [5, 5.41) is 1.85. The molecule has 0 saturated carbocycles. The zero-order valence-electron chi connectivity index (χ0n) is 14.1. The third kappa shape index (κ3) is 2.89. The number of ether oxygens (including phenoxy) is 2. The molecule has 0 amide bonds. The first-order valence-electron chi connectivity index (χ1n) is 8.00. The molecule has 0 unspecified atom stereocenters. The van der Waals surface area contributed by atoms with E-state index in [1.807, 2.05) is 24.3 Å². The highest BCUT2D eigenvalue weighted by molar-refractivity contribution is 5.90. The van der Waals surface area contributed by atoms with E-state index in [2.05, 4.69) is 11.9 Å². The van der Waals surface area contributed by atoms with Crippen molar-refractivity contribution in [1.29, 1.82) is 0 Å². The van der Waals surface area contributed by atoms with Gasteiger partial charge in [0.2, 0.25) is 0 Å². The molecular formula is C19H21NO4. The number of benzene rings is 1. The molecule has 0 aliphatic rings. The van der Waals surface area contributed by atoms with Crippen LogP contribution < -0.4 is 15.0 Å². The molecule has 3 aromatic rings. The van der Waals surface area contributed by atoms with Gasteiger partial charge in [-0.1, -0.05) is 13.3 Å². The number of aromatic amines is 1. The van der Waals surface area contributed by atoms with E-state index in [9.17, 15) is 4.79 Å². The highest BCUT2D eigenvalue weighted by Crippen LogP contribution is 2.34. The van der Waals surface area contributed by atoms with Crippen LogP contribution in [0.25, 0.3) is 10.8 Å². The Balaban J connectivity index is 2.28. The van der Waals surface area contributed by atoms with Gasteiger partial charge in [-0.15, -0.1) is 0 Å². The third-order valence-electron chi connectivity index (χ3n) is 4.14. The first-order valence-corrected chi connectivity index (χ1v) is 8.00. The van der Waals surface area contributed by atoms with Gasteiger partial charge in [0, 0.05) is 23.1 Å². The SMILES string of the molecule is CCCc1[nH]c(=O)c(Cc2ccco2)c2cc(OC)c(OC)cc12. The van der Waals surface area contributed by atoms with Crippen molar-refractivity contribution in [3.63, 3.8) is 0 Å². The van der Waals surface area contributed by atoms with Crippen molar-refractivity contribution in [3.8, 4) is 11.5 Å². The fourth-order valence-electron chi connectivity index (χ4n) is 2.99. The van der Waals surface area contributed by atoms with Crippen molar-refractivity contribution < 1.29 is 13.9 Å². The molecule has 0 atom stereocenters. The third-order valence-corrected chi connectivity index (χ3v) is 4.14. The summed E-state index contributed by atoms with van der Waals surface area (Å²) in [6, 6.07) is 7.49. The molecule has 1 aromatic carbocycles. The second-order valence-corrected chi connectivity index (χ2v) is 5.67. The lowest BCUT2D eigenvalue weighted by atomic mass is 9.99. The molecule has 0 bridgehead atoms. The number of pyridine rings is 1. The van der Waals surface area contributed by atoms with Gasteiger partial charge >= 0.3 is 0 Å². The van der Waals surface area contributed by atoms with Gasteiger partial charge in [-0.3, -0.25) is 4.79 Å². The first-order chi connectivity index (χ1) is 11.7. The van der Waals surface area contributed by atoms with Crippen LogP contribution in [-0.2, 0) is 12.8 Å². The molecule has 0 aliphatic heterocycles. The normalized spacial score (nSPS) is 11.0. The number of rotatable bonds is 6. The van der Waals surface area contributed by atoms with Crippen LogP contribution in [0.1, 0.15) is 30.4 Å². The summed E-state index contributed by atoms with van der Waals surface area (Å²) >= 11 is 0. The fraction of sp³-hybridized carbons (Fsp3) is 0.316. The minimum Gasteiger partial charge on any atom is -0.493 e. The summed E-state index contributed by atoms with van der Waals surface area (Å²) in [5.41, 5.74) is 1.50. The van der Waals surface area contributed by atoms with E-state index in [0.29, 0.717) is 23.5 Å². The molecule has 1 N–H and O–H groups in total. The second-order valence-electron chi connectivity index (χ2n) is 5.67. The number of nitrogens with one attached hydrogen (secondary N) is 1. The number of hydrogen-bond acceptors (Lipinski definition) is 4. The molecule has 0 fully saturated rings. The largest absolute Gasteiger partial charge is 0.493 e. The van der Waals surface area contributed by atoms with Gasteiger partial charge in [-0.2, -0.15) is 0 Å². The van der Waals surface area contributed by atoms with E-state index >= 15 is 0 Å². The minimum atomic E-state index is -0.0884. The lowest BCUT2D eigenvalue weighted by Crippen LogP contribution is -2.16. The van der Waals surface area contributed by atoms with Gasteiger partial charge in [0.15, 0.2) is 11.5 Å². The van der Waals surface area contributed by atoms with Crippen molar-refractivity contribution >= 4 is 10.8 Å². The Bertz CT molecular complexity index is 894. The summed E-state index contributed by atoms with van der Waals surface area (Å²) in [6.07, 6.45) is 3.78. The summed E-state index contributed by atoms with van der Waals surface area (Å²) < 4.78 is 16.2. The Kier molecular flexibility index (Phi) is 4.60. The van der Waals surface area contributed by atoms with Crippen molar-refractivity contribution in [3.05, 3.63) is 57.9 Å². The molecule has 5 heteroatoms. The highest BCUT2D eigenvalue weighted by Gasteiger charge is 2.16. The van der Waals surface area contributed by atoms with Crippen molar-refractivity contribution in [2.75, 3.05) is 14.2 Å². The smallest absolute Gasteiger partial charge is 0.252 e. The van der Waals surface area contributed by atoms with Gasteiger partial charge < -0.3 is 18.9 Å². The summed E-state index contributed by atoms with van der Waals surface area (Å²) in [7, 11) is 3.20. The quantitative estimate of drug-likeness (QED) is 0.750. The number of methoxy groups -OCH3 is 2. The molecule has 2 heterocycles. The maximum Gasteiger partial charge on any atom is 0.252 e. The van der Waals surface area contributed by atoms with Crippen LogP contribution in [0, 0.1) is 0 Å². The number of hydrogen-bond donors (Lipinski definition) is 1. The number of aryl methyl sites for hydroxylation is 1. The first kappa shape index (κ1) is 16.2. The van der Waals surface area contributed by atoms with E-state index in [-0.39, 0.29) is 5.56 Å². The number of H-pyrrole nitrogens is 1. The topological polar surface area (TPSA) is 64.5 Å². The average Bonchev–Trinajstić information content (AvgIpc) is 3.10. The summed E-state index contributed by atoms with van der Waals surface area (Å²) in [5.74, 6) is 2.01. The Labute approximate surface area is 140 Å². The minimum absolute atomic E-state index is 0.0884. The Morgan fingerprint density at radius 1 is 1.12 bits per heavy atom. The van der Waals surface area contributed by atoms with E-state index in [4.69, 9.17) is 13.9 Å². The summed E-state index contributed by atoms with van der Waals surface area (Å²) in [4.78, 5) is 15.7. The van der Waals surface area contributed by atoms with Crippen LogP contribution in [0.4, 0.5) is 0 Å². The predicted molar refractivity (Wildman–Crippen MR) is 93.2 cm³/mol. The lowest BCUT2D eigenvalue weighted by Gasteiger charge is -2.14. The van der Waals surface area contributed by atoms with Crippen molar-refractivity contribution in [2.45, 2.75) is 26.2 Å². The molecule has 126 valence electrons. The Hall–Kier alpha value is -2.69. The average molecular weight is 327 g/mol. The molecule has 24 heavy (non-hydrogen) atoms. The molecule has 5 nitrogen and oxygen atoms in total. The molecule has 0 saturated heterocycles. The van der Waals surface area contributed by atoms with E-state index in [0.717, 1.165) is 35.1 Å². The number of furan rings is 1. The molecule has 0 spiro atoms. The van der Waals surface area contributed by atoms with E-state index in [1.165, 1.54) is 0 Å². The van der Waals surface area contributed by atoms with Gasteiger partial charge in [-0.05, 0) is 36.1 Å². The number of fused-ring (bicyclic) bond motifs is 1. The molecule has 0 aliphatic carbocycles. The van der Waals surface area contributed by atoms with Gasteiger partial charge in [0.1, 0.15) is 5.76 Å². The molecule has 3 rings (SSSR count). The second kappa shape index (κ2) is 6.83. The van der Waals surface area contributed by atoms with Gasteiger partial charge in [0.05, 0.1) is 20.5 Å². The van der Waals surface area contributed by atoms with Crippen LogP contribution in [-0.4, -0.2) is 19.2 Å². The highest BCUT2D eigenvalue weighted by atomic mass is 16.5. The zero-order valence-corrected chi connectivity index (χ0v) is 14.1. The maximum atomic E-state index is 12.6. The van der Waals surface area contributed by atoms with Gasteiger partial charge in [-0.25, -0.2) is 0 Å². The van der Waals surface area contributed by atoms with Crippen LogP contribution in [0.2, 0.25) is 0 Å². The Morgan fingerprint density at radius 2 is 1.83 bits per heavy atom. The van der Waals surface area contributed by atoms with Crippen LogP contribution in [0.3, 0.4) is 0 Å². The van der Waals surface area contributed by atoms with Gasteiger partial charge in [0.25, 0.3) is 5.56 Å². The molecular weight excluding hydrogens is 306 g/mol. The zero-order chi connectivity index (χ0) is 17.1. The monoisotopic (exact) mass is 327 g/mol. The van der Waals surface area contributed by atoms with Crippen LogP contribution in [0.5, 0.6) is 11.5 Å². The van der Waals surface area contributed by atoms with E-state index in [1.54, 1.807) is 20.5 Å². The summed E-state index contributed by atoms with van der Waals surface area (Å²) in [6.45, 7) is 2.08. The van der Waals surface area contributed by atoms with Crippen LogP contribution in [0.15, 0.2) is 39.7 Å². The van der Waals surface area contributed by atoms with E-state index < -0.39 is 0 Å². The predicted octanol–water partition coefficient (Wildman–Crippen LogP) is 3.68.